The molecule has 0 unspecified atom stereocenters. The minimum absolute atomic E-state index is 0.117. The molecular formula is C19H20N4O3S. The number of nitrogens with zero attached hydrogens (tertiary/aromatic N) is 2. The number of benzene rings is 2. The van der Waals surface area contributed by atoms with Crippen LogP contribution >= 0.6 is 0 Å². The lowest BCUT2D eigenvalue weighted by atomic mass is 10.1. The highest BCUT2D eigenvalue weighted by Crippen LogP contribution is 2.18. The third-order valence-corrected chi connectivity index (χ3v) is 5.24. The molecular weight excluding hydrogens is 364 g/mol. The van der Waals surface area contributed by atoms with Gasteiger partial charge in [0, 0.05) is 6.54 Å². The van der Waals surface area contributed by atoms with E-state index in [9.17, 15) is 8.42 Å². The van der Waals surface area contributed by atoms with Gasteiger partial charge in [-0.25, -0.2) is 8.42 Å². The molecule has 0 aliphatic rings. The number of rotatable bonds is 7. The standard InChI is InChI=1S/C19H20N4O3S/c1-14-3-5-15(6-4-14)13-20-18-11-12-19(22-21-18)23-27(24,25)17-9-7-16(26-2)8-10-17/h3-12H,13H2,1-2H3,(H,20,21)(H,22,23). The van der Waals surface area contributed by atoms with Crippen molar-refractivity contribution in [3.05, 3.63) is 71.8 Å². The number of hydrogen-bond donors (Lipinski definition) is 2. The van der Waals surface area contributed by atoms with Crippen LogP contribution in [0, 0.1) is 6.92 Å². The van der Waals surface area contributed by atoms with Gasteiger partial charge in [0.2, 0.25) is 0 Å². The molecule has 7 nitrogen and oxygen atoms in total. The summed E-state index contributed by atoms with van der Waals surface area (Å²) in [6.07, 6.45) is 0. The van der Waals surface area contributed by atoms with Gasteiger partial charge in [0.1, 0.15) is 11.6 Å². The summed E-state index contributed by atoms with van der Waals surface area (Å²) >= 11 is 0. The molecule has 0 saturated heterocycles. The fourth-order valence-electron chi connectivity index (χ4n) is 2.33. The summed E-state index contributed by atoms with van der Waals surface area (Å²) in [7, 11) is -2.22. The summed E-state index contributed by atoms with van der Waals surface area (Å²) in [5, 5.41) is 11.1. The molecule has 3 rings (SSSR count). The molecule has 27 heavy (non-hydrogen) atoms. The Labute approximate surface area is 158 Å². The van der Waals surface area contributed by atoms with Gasteiger partial charge in [-0.2, -0.15) is 0 Å². The Morgan fingerprint density at radius 1 is 0.889 bits per heavy atom. The molecule has 140 valence electrons. The summed E-state index contributed by atoms with van der Waals surface area (Å²) in [4.78, 5) is 0.117. The van der Waals surface area contributed by atoms with E-state index >= 15 is 0 Å². The quantitative estimate of drug-likeness (QED) is 0.650. The lowest BCUT2D eigenvalue weighted by Crippen LogP contribution is -2.14. The molecule has 0 amide bonds. The summed E-state index contributed by atoms with van der Waals surface area (Å²) in [6.45, 7) is 2.64. The van der Waals surface area contributed by atoms with Gasteiger partial charge in [-0.3, -0.25) is 4.72 Å². The minimum Gasteiger partial charge on any atom is -0.497 e. The van der Waals surface area contributed by atoms with Crippen LogP contribution in [0.5, 0.6) is 5.75 Å². The molecule has 2 aromatic carbocycles. The van der Waals surface area contributed by atoms with E-state index in [0.29, 0.717) is 18.1 Å². The van der Waals surface area contributed by atoms with Crippen molar-refractivity contribution in [1.29, 1.82) is 0 Å². The second-order valence-corrected chi connectivity index (χ2v) is 7.61. The molecule has 1 aromatic heterocycles. The van der Waals surface area contributed by atoms with E-state index in [1.54, 1.807) is 24.3 Å². The zero-order valence-electron chi connectivity index (χ0n) is 15.0. The zero-order chi connectivity index (χ0) is 19.3. The Bertz CT molecular complexity index is 987. The highest BCUT2D eigenvalue weighted by atomic mass is 32.2. The van der Waals surface area contributed by atoms with Crippen molar-refractivity contribution in [1.82, 2.24) is 10.2 Å². The van der Waals surface area contributed by atoms with Gasteiger partial charge in [-0.15, -0.1) is 10.2 Å². The molecule has 1 heterocycles. The van der Waals surface area contributed by atoms with Gasteiger partial charge >= 0.3 is 0 Å². The lowest BCUT2D eigenvalue weighted by Gasteiger charge is -2.09. The first-order valence-corrected chi connectivity index (χ1v) is 9.74. The first-order valence-electron chi connectivity index (χ1n) is 8.26. The van der Waals surface area contributed by atoms with Crippen molar-refractivity contribution < 1.29 is 13.2 Å². The monoisotopic (exact) mass is 384 g/mol. The zero-order valence-corrected chi connectivity index (χ0v) is 15.8. The van der Waals surface area contributed by atoms with Crippen molar-refractivity contribution in [2.75, 3.05) is 17.1 Å². The van der Waals surface area contributed by atoms with Gasteiger partial charge in [0.25, 0.3) is 10.0 Å². The van der Waals surface area contributed by atoms with Crippen molar-refractivity contribution >= 4 is 21.7 Å². The molecule has 0 saturated carbocycles. The molecule has 0 fully saturated rings. The molecule has 8 heteroatoms. The van der Waals surface area contributed by atoms with Crippen molar-refractivity contribution in [2.45, 2.75) is 18.4 Å². The fourth-order valence-corrected chi connectivity index (χ4v) is 3.33. The van der Waals surface area contributed by atoms with Crippen LogP contribution in [0.3, 0.4) is 0 Å². The maximum Gasteiger partial charge on any atom is 0.263 e. The Morgan fingerprint density at radius 2 is 1.52 bits per heavy atom. The average Bonchev–Trinajstić information content (AvgIpc) is 2.68. The fraction of sp³-hybridized carbons (Fsp3) is 0.158. The van der Waals surface area contributed by atoms with Crippen LogP contribution in [0.2, 0.25) is 0 Å². The lowest BCUT2D eigenvalue weighted by molar-refractivity contribution is 0.414. The number of ether oxygens (including phenoxy) is 1. The predicted octanol–water partition coefficient (Wildman–Crippen LogP) is 3.21. The molecule has 0 bridgehead atoms. The Hall–Kier alpha value is -3.13. The van der Waals surface area contributed by atoms with Crippen LogP contribution in [0.4, 0.5) is 11.6 Å². The van der Waals surface area contributed by atoms with Crippen LogP contribution in [0.15, 0.2) is 65.6 Å². The van der Waals surface area contributed by atoms with E-state index in [4.69, 9.17) is 4.74 Å². The van der Waals surface area contributed by atoms with Crippen LogP contribution in [0.25, 0.3) is 0 Å². The van der Waals surface area contributed by atoms with Crippen LogP contribution in [0.1, 0.15) is 11.1 Å². The summed E-state index contributed by atoms with van der Waals surface area (Å²) in [6, 6.07) is 17.5. The van der Waals surface area contributed by atoms with Gasteiger partial charge in [0.15, 0.2) is 5.82 Å². The van der Waals surface area contributed by atoms with Crippen molar-refractivity contribution in [2.24, 2.45) is 0 Å². The third kappa shape index (κ3) is 4.95. The number of hydrogen-bond acceptors (Lipinski definition) is 6. The number of nitrogens with one attached hydrogen (secondary N) is 2. The molecule has 0 spiro atoms. The van der Waals surface area contributed by atoms with E-state index < -0.39 is 10.0 Å². The van der Waals surface area contributed by atoms with Crippen molar-refractivity contribution in [3.63, 3.8) is 0 Å². The van der Waals surface area contributed by atoms with E-state index in [2.05, 4.69) is 20.2 Å². The van der Waals surface area contributed by atoms with Crippen molar-refractivity contribution in [3.8, 4) is 5.75 Å². The highest BCUT2D eigenvalue weighted by molar-refractivity contribution is 7.92. The first kappa shape index (κ1) is 18.7. The number of aryl methyl sites for hydroxylation is 1. The summed E-state index contributed by atoms with van der Waals surface area (Å²) < 4.78 is 32.2. The maximum absolute atomic E-state index is 12.4. The Morgan fingerprint density at radius 3 is 2.11 bits per heavy atom. The summed E-state index contributed by atoms with van der Waals surface area (Å²) in [5.74, 6) is 1.28. The second kappa shape index (κ2) is 8.05. The Kier molecular flexibility index (Phi) is 5.56. The Balaban J connectivity index is 1.63. The molecule has 0 aliphatic carbocycles. The van der Waals surface area contributed by atoms with Gasteiger partial charge in [0.05, 0.1) is 12.0 Å². The predicted molar refractivity (Wildman–Crippen MR) is 104 cm³/mol. The third-order valence-electron chi connectivity index (χ3n) is 3.87. The number of sulfonamides is 1. The topological polar surface area (TPSA) is 93.2 Å². The normalized spacial score (nSPS) is 11.0. The second-order valence-electron chi connectivity index (χ2n) is 5.92. The maximum atomic E-state index is 12.4. The van der Waals surface area contributed by atoms with Crippen LogP contribution in [-0.2, 0) is 16.6 Å². The average molecular weight is 384 g/mol. The number of anilines is 2. The molecule has 0 atom stereocenters. The molecule has 2 N–H and O–H groups in total. The van der Waals surface area contributed by atoms with E-state index in [1.165, 1.54) is 24.8 Å². The smallest absolute Gasteiger partial charge is 0.263 e. The SMILES string of the molecule is COc1ccc(S(=O)(=O)Nc2ccc(NCc3ccc(C)cc3)nn2)cc1. The van der Waals surface area contributed by atoms with E-state index in [-0.39, 0.29) is 10.7 Å². The number of aromatic nitrogens is 2. The molecule has 3 aromatic rings. The van der Waals surface area contributed by atoms with Gasteiger partial charge in [-0.1, -0.05) is 29.8 Å². The largest absolute Gasteiger partial charge is 0.497 e. The number of methoxy groups -OCH3 is 1. The first-order chi connectivity index (χ1) is 13.0. The van der Waals surface area contributed by atoms with E-state index in [0.717, 1.165) is 5.56 Å². The molecule has 0 radical (unpaired) electrons. The minimum atomic E-state index is -3.74. The molecule has 0 aliphatic heterocycles. The van der Waals surface area contributed by atoms with Gasteiger partial charge < -0.3 is 10.1 Å². The van der Waals surface area contributed by atoms with Crippen LogP contribution < -0.4 is 14.8 Å². The van der Waals surface area contributed by atoms with E-state index in [1.807, 2.05) is 31.2 Å². The summed E-state index contributed by atoms with van der Waals surface area (Å²) in [5.41, 5.74) is 2.32. The van der Waals surface area contributed by atoms with Gasteiger partial charge in [-0.05, 0) is 48.9 Å². The highest BCUT2D eigenvalue weighted by Gasteiger charge is 2.15. The van der Waals surface area contributed by atoms with Crippen LogP contribution in [-0.4, -0.2) is 25.7 Å².